The highest BCUT2D eigenvalue weighted by Gasteiger charge is 2.55. The van der Waals surface area contributed by atoms with Gasteiger partial charge in [-0.15, -0.1) is 0 Å². The van der Waals surface area contributed by atoms with Gasteiger partial charge in [-0.05, 0) is 25.0 Å². The smallest absolute Gasteiger partial charge is 0.309 e. The van der Waals surface area contributed by atoms with E-state index in [0.29, 0.717) is 38.8 Å². The number of nitrogens with zero attached hydrogens (tertiary/aromatic N) is 2. The first kappa shape index (κ1) is 16.5. The number of carboxylic acid groups (broad SMARTS) is 1. The summed E-state index contributed by atoms with van der Waals surface area (Å²) in [5.74, 6) is -0.912. The molecule has 2 aliphatic heterocycles. The molecule has 0 radical (unpaired) electrons. The lowest BCUT2D eigenvalue weighted by atomic mass is 9.77. The number of amides is 2. The molecule has 0 bridgehead atoms. The molecule has 7 heteroatoms. The van der Waals surface area contributed by atoms with E-state index >= 15 is 0 Å². The van der Waals surface area contributed by atoms with E-state index in [1.807, 2.05) is 6.07 Å². The summed E-state index contributed by atoms with van der Waals surface area (Å²) in [6, 6.07) is 3.64. The van der Waals surface area contributed by atoms with Crippen molar-refractivity contribution in [3.63, 3.8) is 0 Å². The van der Waals surface area contributed by atoms with Gasteiger partial charge in [-0.2, -0.15) is 0 Å². The summed E-state index contributed by atoms with van der Waals surface area (Å²) in [5.41, 5.74) is -0.652. The molecule has 1 spiro atoms. The molecule has 3 rings (SSSR count). The van der Waals surface area contributed by atoms with Gasteiger partial charge in [0.25, 0.3) is 0 Å². The van der Waals surface area contributed by atoms with E-state index in [9.17, 15) is 19.5 Å². The zero-order valence-electron chi connectivity index (χ0n) is 13.7. The molecule has 1 aromatic heterocycles. The Balaban J connectivity index is 1.61. The predicted molar refractivity (Wildman–Crippen MR) is 84.1 cm³/mol. The molecule has 2 aliphatic rings. The largest absolute Gasteiger partial charge is 0.481 e. The average molecular weight is 334 g/mol. The van der Waals surface area contributed by atoms with Crippen molar-refractivity contribution in [2.75, 3.05) is 20.1 Å². The molecule has 1 atom stereocenters. The number of aryl methyl sites for hydroxylation is 1. The third-order valence-electron chi connectivity index (χ3n) is 5.51. The van der Waals surface area contributed by atoms with Crippen molar-refractivity contribution >= 4 is 17.8 Å². The molecule has 3 heterocycles. The number of hydrogen-bond donors (Lipinski definition) is 1. The number of hydrogen-bond acceptors (Lipinski definition) is 4. The summed E-state index contributed by atoms with van der Waals surface area (Å²) >= 11 is 0. The van der Waals surface area contributed by atoms with Crippen molar-refractivity contribution in [2.45, 2.75) is 37.6 Å². The van der Waals surface area contributed by atoms with Gasteiger partial charge in [0.05, 0.1) is 17.7 Å². The molecule has 2 saturated heterocycles. The normalized spacial score (nSPS) is 23.0. The maximum atomic E-state index is 12.3. The maximum Gasteiger partial charge on any atom is 0.309 e. The van der Waals surface area contributed by atoms with Gasteiger partial charge >= 0.3 is 5.97 Å². The Kier molecular flexibility index (Phi) is 4.34. The van der Waals surface area contributed by atoms with Crippen LogP contribution in [0.5, 0.6) is 0 Å². The van der Waals surface area contributed by atoms with Crippen LogP contribution in [0.3, 0.4) is 0 Å². The topological polar surface area (TPSA) is 91.1 Å². The maximum absolute atomic E-state index is 12.3. The predicted octanol–water partition coefficient (Wildman–Crippen LogP) is 1.14. The highest BCUT2D eigenvalue weighted by molar-refractivity contribution is 5.88. The minimum atomic E-state index is -0.926. The summed E-state index contributed by atoms with van der Waals surface area (Å²) in [6.45, 7) is 0.969. The lowest BCUT2D eigenvalue weighted by Crippen LogP contribution is -2.56. The van der Waals surface area contributed by atoms with Crippen molar-refractivity contribution in [1.82, 2.24) is 9.80 Å². The van der Waals surface area contributed by atoms with Gasteiger partial charge in [0.15, 0.2) is 0 Å². The third kappa shape index (κ3) is 2.79. The van der Waals surface area contributed by atoms with Crippen molar-refractivity contribution in [3.8, 4) is 0 Å². The highest BCUT2D eigenvalue weighted by atomic mass is 16.4. The van der Waals surface area contributed by atoms with Crippen LogP contribution in [0.15, 0.2) is 22.8 Å². The van der Waals surface area contributed by atoms with Crippen LogP contribution < -0.4 is 0 Å². The summed E-state index contributed by atoms with van der Waals surface area (Å²) in [4.78, 5) is 39.2. The second-order valence-electron chi connectivity index (χ2n) is 6.61. The van der Waals surface area contributed by atoms with Crippen LogP contribution in [0.4, 0.5) is 0 Å². The minimum Gasteiger partial charge on any atom is -0.481 e. The fourth-order valence-corrected chi connectivity index (χ4v) is 3.97. The number of aliphatic carboxylic acids is 1. The molecule has 0 saturated carbocycles. The standard InChI is InChI=1S/C17H22N2O5/c1-18-15(21)11-13(16(22)23)17(18)6-8-19(9-7-17)14(20)5-4-12-3-2-10-24-12/h2-3,10,13H,4-9,11H2,1H3,(H,22,23)/t13-/m0/s1. The number of rotatable bonds is 4. The van der Waals surface area contributed by atoms with Crippen molar-refractivity contribution in [3.05, 3.63) is 24.2 Å². The van der Waals surface area contributed by atoms with Gasteiger partial charge in [-0.3, -0.25) is 14.4 Å². The molecule has 2 amide bonds. The lowest BCUT2D eigenvalue weighted by Gasteiger charge is -2.45. The first-order chi connectivity index (χ1) is 11.4. The number of carboxylic acids is 1. The van der Waals surface area contributed by atoms with E-state index in [2.05, 4.69) is 0 Å². The van der Waals surface area contributed by atoms with Gasteiger partial charge in [0, 0.05) is 39.4 Å². The molecule has 0 unspecified atom stereocenters. The highest BCUT2D eigenvalue weighted by Crippen LogP contribution is 2.42. The Bertz CT molecular complexity index is 631. The summed E-state index contributed by atoms with van der Waals surface area (Å²) in [7, 11) is 1.68. The van der Waals surface area contributed by atoms with Crippen LogP contribution in [0.2, 0.25) is 0 Å². The van der Waals surface area contributed by atoms with Crippen molar-refractivity contribution < 1.29 is 23.9 Å². The van der Waals surface area contributed by atoms with E-state index in [4.69, 9.17) is 4.42 Å². The SMILES string of the molecule is CN1C(=O)C[C@@H](C(=O)O)C12CCN(C(=O)CCc1ccco1)CC2. The number of carbonyl (C=O) groups is 3. The third-order valence-corrected chi connectivity index (χ3v) is 5.51. The number of likely N-dealkylation sites (tertiary alicyclic amines) is 2. The van der Waals surface area contributed by atoms with Gasteiger partial charge in [0.1, 0.15) is 5.76 Å². The van der Waals surface area contributed by atoms with E-state index in [1.54, 1.807) is 29.2 Å². The van der Waals surface area contributed by atoms with Crippen molar-refractivity contribution in [1.29, 1.82) is 0 Å². The van der Waals surface area contributed by atoms with E-state index in [-0.39, 0.29) is 18.2 Å². The molecule has 24 heavy (non-hydrogen) atoms. The van der Waals surface area contributed by atoms with E-state index in [0.717, 1.165) is 5.76 Å². The molecule has 0 aromatic carbocycles. The van der Waals surface area contributed by atoms with E-state index in [1.165, 1.54) is 0 Å². The first-order valence-electron chi connectivity index (χ1n) is 8.24. The van der Waals surface area contributed by atoms with E-state index < -0.39 is 17.4 Å². The zero-order valence-corrected chi connectivity index (χ0v) is 13.7. The lowest BCUT2D eigenvalue weighted by molar-refractivity contribution is -0.147. The van der Waals surface area contributed by atoms with Gasteiger partial charge in [-0.25, -0.2) is 0 Å². The van der Waals surface area contributed by atoms with Crippen LogP contribution in [0, 0.1) is 5.92 Å². The Morgan fingerprint density at radius 1 is 1.38 bits per heavy atom. The molecule has 7 nitrogen and oxygen atoms in total. The van der Waals surface area contributed by atoms with Crippen LogP contribution in [-0.2, 0) is 20.8 Å². The fraction of sp³-hybridized carbons (Fsp3) is 0.588. The number of piperidine rings is 1. The van der Waals surface area contributed by atoms with Gasteiger partial charge in [-0.1, -0.05) is 0 Å². The van der Waals surface area contributed by atoms with Crippen LogP contribution in [0.25, 0.3) is 0 Å². The summed E-state index contributed by atoms with van der Waals surface area (Å²) in [5, 5.41) is 9.46. The minimum absolute atomic E-state index is 0.0418. The monoisotopic (exact) mass is 334 g/mol. The summed E-state index contributed by atoms with van der Waals surface area (Å²) < 4.78 is 5.23. The van der Waals surface area contributed by atoms with Gasteiger partial charge in [0.2, 0.25) is 11.8 Å². The molecule has 2 fully saturated rings. The molecular weight excluding hydrogens is 312 g/mol. The molecule has 1 aromatic rings. The number of furan rings is 1. The average Bonchev–Trinajstić information content (AvgIpc) is 3.17. The molecular formula is C17H22N2O5. The van der Waals surface area contributed by atoms with Crippen LogP contribution in [-0.4, -0.2) is 58.4 Å². The second kappa shape index (κ2) is 6.30. The fourth-order valence-electron chi connectivity index (χ4n) is 3.97. The first-order valence-corrected chi connectivity index (χ1v) is 8.24. The second-order valence-corrected chi connectivity index (χ2v) is 6.61. The number of carbonyl (C=O) groups excluding carboxylic acids is 2. The molecule has 130 valence electrons. The van der Waals surface area contributed by atoms with Crippen molar-refractivity contribution in [2.24, 2.45) is 5.92 Å². The Morgan fingerprint density at radius 2 is 2.08 bits per heavy atom. The quantitative estimate of drug-likeness (QED) is 0.891. The zero-order chi connectivity index (χ0) is 17.3. The van der Waals surface area contributed by atoms with Crippen LogP contribution in [0.1, 0.15) is 31.4 Å². The molecule has 1 N–H and O–H groups in total. The summed E-state index contributed by atoms with van der Waals surface area (Å²) in [6.07, 6.45) is 3.60. The Labute approximate surface area is 140 Å². The molecule has 0 aliphatic carbocycles. The Hall–Kier alpha value is -2.31. The van der Waals surface area contributed by atoms with Crippen LogP contribution >= 0.6 is 0 Å². The van der Waals surface area contributed by atoms with Gasteiger partial charge < -0.3 is 19.3 Å². The Morgan fingerprint density at radius 3 is 2.67 bits per heavy atom.